The summed E-state index contributed by atoms with van der Waals surface area (Å²) < 4.78 is 30.4. The van der Waals surface area contributed by atoms with Gasteiger partial charge in [0.1, 0.15) is 18.8 Å². The van der Waals surface area contributed by atoms with Crippen molar-refractivity contribution in [3.63, 3.8) is 0 Å². The number of hydrogen-bond acceptors (Lipinski definition) is 11. The van der Waals surface area contributed by atoms with Crippen LogP contribution in [0.2, 0.25) is 0 Å². The lowest BCUT2D eigenvalue weighted by molar-refractivity contribution is -0.270. The van der Waals surface area contributed by atoms with Gasteiger partial charge in [-0.2, -0.15) is 0 Å². The molecule has 5 atom stereocenters. The number of hydrogen-bond donors (Lipinski definition) is 1. The van der Waals surface area contributed by atoms with E-state index >= 15 is 0 Å². The molecule has 158 valence electrons. The maximum absolute atomic E-state index is 11.7. The maximum atomic E-state index is 11.7. The first kappa shape index (κ1) is 23.1. The average Bonchev–Trinajstić information content (AvgIpc) is 2.56. The number of carbonyl (C=O) groups is 5. The van der Waals surface area contributed by atoms with E-state index < -0.39 is 67.2 Å². The summed E-state index contributed by atoms with van der Waals surface area (Å²) in [5.41, 5.74) is 0. The zero-order chi connectivity index (χ0) is 21.4. The Morgan fingerprint density at radius 1 is 0.821 bits per heavy atom. The number of esters is 4. The highest BCUT2D eigenvalue weighted by Crippen LogP contribution is 2.28. The SMILES string of the molecule is COC(=O)N[C@@H]1C(OC(C)=O)O[C@H](COC(C)=O)[C@@H](OC(C)=O)[C@@H]1OC(C)=O. The summed E-state index contributed by atoms with van der Waals surface area (Å²) in [6, 6.07) is -1.28. The van der Waals surface area contributed by atoms with Gasteiger partial charge in [0.05, 0.1) is 7.11 Å². The molecule has 1 N–H and O–H groups in total. The van der Waals surface area contributed by atoms with E-state index in [-0.39, 0.29) is 0 Å². The van der Waals surface area contributed by atoms with E-state index in [0.29, 0.717) is 0 Å². The molecule has 0 aliphatic carbocycles. The van der Waals surface area contributed by atoms with Gasteiger partial charge in [-0.05, 0) is 0 Å². The van der Waals surface area contributed by atoms with Crippen molar-refractivity contribution in [1.29, 1.82) is 0 Å². The van der Waals surface area contributed by atoms with Crippen LogP contribution >= 0.6 is 0 Å². The number of carbonyl (C=O) groups excluding carboxylic acids is 5. The minimum absolute atomic E-state index is 0.395. The first-order valence-corrected chi connectivity index (χ1v) is 8.20. The zero-order valence-electron chi connectivity index (χ0n) is 16.1. The Morgan fingerprint density at radius 2 is 1.36 bits per heavy atom. The molecule has 12 heteroatoms. The standard InChI is InChI=1S/C16H23NO11/c1-7(18)24-6-11-13(25-8(2)19)14(26-9(3)20)12(17-16(22)23-5)15(28-11)27-10(4)21/h11-15H,6H2,1-5H3,(H,17,22)/t11-,12+,13-,14-,15?/m1/s1. The summed E-state index contributed by atoms with van der Waals surface area (Å²) in [4.78, 5) is 57.5. The monoisotopic (exact) mass is 405 g/mol. The van der Waals surface area contributed by atoms with Crippen molar-refractivity contribution in [3.8, 4) is 0 Å². The van der Waals surface area contributed by atoms with Crippen LogP contribution in [0.5, 0.6) is 0 Å². The number of nitrogens with one attached hydrogen (secondary N) is 1. The Labute approximate surface area is 160 Å². The van der Waals surface area contributed by atoms with Crippen molar-refractivity contribution in [1.82, 2.24) is 5.32 Å². The van der Waals surface area contributed by atoms with Crippen molar-refractivity contribution in [3.05, 3.63) is 0 Å². The van der Waals surface area contributed by atoms with Gasteiger partial charge in [0, 0.05) is 27.7 Å². The van der Waals surface area contributed by atoms with Crippen LogP contribution in [0, 0.1) is 0 Å². The van der Waals surface area contributed by atoms with E-state index in [1.54, 1.807) is 0 Å². The van der Waals surface area contributed by atoms with E-state index in [9.17, 15) is 24.0 Å². The van der Waals surface area contributed by atoms with Gasteiger partial charge in [0.25, 0.3) is 0 Å². The quantitative estimate of drug-likeness (QED) is 0.446. The molecule has 0 aromatic carbocycles. The predicted octanol–water partition coefficient (Wildman–Crippen LogP) is -0.574. The van der Waals surface area contributed by atoms with Crippen molar-refractivity contribution in [2.24, 2.45) is 0 Å². The Kier molecular flexibility index (Phi) is 8.64. The second kappa shape index (κ2) is 10.4. The van der Waals surface area contributed by atoms with Crippen molar-refractivity contribution in [2.75, 3.05) is 13.7 Å². The van der Waals surface area contributed by atoms with Gasteiger partial charge in [0.15, 0.2) is 12.2 Å². The lowest BCUT2D eigenvalue weighted by atomic mass is 9.96. The fourth-order valence-corrected chi connectivity index (χ4v) is 2.52. The molecule has 0 bridgehead atoms. The van der Waals surface area contributed by atoms with Crippen molar-refractivity contribution >= 4 is 30.0 Å². The van der Waals surface area contributed by atoms with Crippen LogP contribution in [-0.2, 0) is 47.6 Å². The molecule has 0 spiro atoms. The van der Waals surface area contributed by atoms with Crippen LogP contribution < -0.4 is 5.32 Å². The molecule has 12 nitrogen and oxygen atoms in total. The van der Waals surface area contributed by atoms with Crippen molar-refractivity contribution < 1.29 is 52.4 Å². The van der Waals surface area contributed by atoms with E-state index in [1.165, 1.54) is 0 Å². The summed E-state index contributed by atoms with van der Waals surface area (Å²) >= 11 is 0. The minimum atomic E-state index is -1.45. The first-order chi connectivity index (χ1) is 13.0. The second-order valence-corrected chi connectivity index (χ2v) is 5.76. The highest BCUT2D eigenvalue weighted by molar-refractivity contribution is 5.70. The predicted molar refractivity (Wildman–Crippen MR) is 87.5 cm³/mol. The van der Waals surface area contributed by atoms with E-state index in [2.05, 4.69) is 10.1 Å². The van der Waals surface area contributed by atoms with Gasteiger partial charge in [-0.1, -0.05) is 0 Å². The average molecular weight is 405 g/mol. The Balaban J connectivity index is 3.31. The molecular formula is C16H23NO11. The summed E-state index contributed by atoms with van der Waals surface area (Å²) in [5.74, 6) is -2.93. The fourth-order valence-electron chi connectivity index (χ4n) is 2.52. The molecule has 1 fully saturated rings. The van der Waals surface area contributed by atoms with E-state index in [4.69, 9.17) is 23.7 Å². The largest absolute Gasteiger partial charge is 0.463 e. The van der Waals surface area contributed by atoms with Gasteiger partial charge in [-0.15, -0.1) is 0 Å². The van der Waals surface area contributed by atoms with Gasteiger partial charge in [0.2, 0.25) is 6.29 Å². The summed E-state index contributed by atoms with van der Waals surface area (Å²) in [5, 5.41) is 2.33. The van der Waals surface area contributed by atoms with E-state index in [1.807, 2.05) is 0 Å². The highest BCUT2D eigenvalue weighted by atomic mass is 16.7. The molecular weight excluding hydrogens is 382 g/mol. The van der Waals surface area contributed by atoms with Crippen LogP contribution in [0.3, 0.4) is 0 Å². The molecule has 0 aromatic heterocycles. The normalized spacial score (nSPS) is 26.4. The third-order valence-electron chi connectivity index (χ3n) is 3.45. The van der Waals surface area contributed by atoms with Gasteiger partial charge in [-0.25, -0.2) is 4.79 Å². The smallest absolute Gasteiger partial charge is 0.407 e. The van der Waals surface area contributed by atoms with Crippen molar-refractivity contribution in [2.45, 2.75) is 58.3 Å². The number of amides is 1. The lowest BCUT2D eigenvalue weighted by Crippen LogP contribution is -2.67. The summed E-state index contributed by atoms with van der Waals surface area (Å²) in [6.07, 6.45) is -6.16. The molecule has 0 radical (unpaired) electrons. The topological polar surface area (TPSA) is 153 Å². The third-order valence-corrected chi connectivity index (χ3v) is 3.45. The maximum Gasteiger partial charge on any atom is 0.407 e. The molecule has 28 heavy (non-hydrogen) atoms. The molecule has 0 saturated carbocycles. The molecule has 0 aromatic rings. The number of alkyl carbamates (subject to hydrolysis) is 1. The zero-order valence-corrected chi connectivity index (χ0v) is 16.1. The molecule has 1 heterocycles. The molecule has 1 rings (SSSR count). The third kappa shape index (κ3) is 7.02. The van der Waals surface area contributed by atoms with Crippen LogP contribution in [0.4, 0.5) is 4.79 Å². The van der Waals surface area contributed by atoms with Crippen LogP contribution in [0.1, 0.15) is 27.7 Å². The Bertz CT molecular complexity index is 620. The molecule has 1 aliphatic rings. The highest BCUT2D eigenvalue weighted by Gasteiger charge is 2.52. The second-order valence-electron chi connectivity index (χ2n) is 5.76. The van der Waals surface area contributed by atoms with Crippen LogP contribution in [-0.4, -0.2) is 74.3 Å². The van der Waals surface area contributed by atoms with Crippen LogP contribution in [0.25, 0.3) is 0 Å². The summed E-state index contributed by atoms with van der Waals surface area (Å²) in [6.45, 7) is 4.05. The number of rotatable bonds is 6. The Morgan fingerprint density at radius 3 is 1.82 bits per heavy atom. The minimum Gasteiger partial charge on any atom is -0.463 e. The molecule has 1 saturated heterocycles. The fraction of sp³-hybridized carbons (Fsp3) is 0.688. The van der Waals surface area contributed by atoms with E-state index in [0.717, 1.165) is 34.8 Å². The Hall–Kier alpha value is -2.89. The summed E-state index contributed by atoms with van der Waals surface area (Å²) in [7, 11) is 1.09. The number of methoxy groups -OCH3 is 1. The van der Waals surface area contributed by atoms with Crippen LogP contribution in [0.15, 0.2) is 0 Å². The molecule has 1 aliphatic heterocycles. The first-order valence-electron chi connectivity index (χ1n) is 8.20. The lowest BCUT2D eigenvalue weighted by Gasteiger charge is -2.44. The van der Waals surface area contributed by atoms with Gasteiger partial charge >= 0.3 is 30.0 Å². The molecule has 1 amide bonds. The molecule has 1 unspecified atom stereocenters. The van der Waals surface area contributed by atoms with Gasteiger partial charge in [-0.3, -0.25) is 19.2 Å². The number of ether oxygens (including phenoxy) is 6. The van der Waals surface area contributed by atoms with Gasteiger partial charge < -0.3 is 33.7 Å².